The minimum absolute atomic E-state index is 0.0403. The van der Waals surface area contributed by atoms with Gasteiger partial charge in [0.05, 0.1) is 10.0 Å². The van der Waals surface area contributed by atoms with E-state index in [1.54, 1.807) is 12.1 Å². The number of nitrogens with one attached hydrogen (secondary N) is 1. The maximum Gasteiger partial charge on any atom is 0.139 e. The van der Waals surface area contributed by atoms with Gasteiger partial charge in [0.2, 0.25) is 0 Å². The van der Waals surface area contributed by atoms with Crippen molar-refractivity contribution in [3.05, 3.63) is 26.7 Å². The lowest BCUT2D eigenvalue weighted by atomic mass is 10.2. The average Bonchev–Trinajstić information content (AvgIpc) is 2.25. The van der Waals surface area contributed by atoms with Crippen LogP contribution in [-0.2, 0) is 0 Å². The maximum atomic E-state index is 6.10. The SMILES string of the molecule is CC(C)CNCC(C)Oc1cc(Cl)c(Br)cc1Cl. The van der Waals surface area contributed by atoms with Crippen molar-refractivity contribution < 1.29 is 4.74 Å². The Morgan fingerprint density at radius 3 is 2.44 bits per heavy atom. The normalized spacial score (nSPS) is 12.8. The maximum absolute atomic E-state index is 6.10. The van der Waals surface area contributed by atoms with E-state index < -0.39 is 0 Å². The lowest BCUT2D eigenvalue weighted by Gasteiger charge is -2.17. The van der Waals surface area contributed by atoms with Crippen molar-refractivity contribution in [2.24, 2.45) is 5.92 Å². The summed E-state index contributed by atoms with van der Waals surface area (Å²) in [5.74, 6) is 1.24. The van der Waals surface area contributed by atoms with Crippen LogP contribution < -0.4 is 10.1 Å². The monoisotopic (exact) mass is 353 g/mol. The number of hydrogen-bond donors (Lipinski definition) is 1. The largest absolute Gasteiger partial charge is 0.488 e. The second kappa shape index (κ2) is 7.59. The Morgan fingerprint density at radius 1 is 1.17 bits per heavy atom. The van der Waals surface area contributed by atoms with Gasteiger partial charge in [-0.2, -0.15) is 0 Å². The van der Waals surface area contributed by atoms with Gasteiger partial charge < -0.3 is 10.1 Å². The number of hydrogen-bond acceptors (Lipinski definition) is 2. The van der Waals surface area contributed by atoms with Crippen LogP contribution in [0.2, 0.25) is 10.0 Å². The van der Waals surface area contributed by atoms with E-state index in [0.29, 0.717) is 21.7 Å². The van der Waals surface area contributed by atoms with Crippen molar-refractivity contribution in [2.75, 3.05) is 13.1 Å². The summed E-state index contributed by atoms with van der Waals surface area (Å²) in [7, 11) is 0. The third kappa shape index (κ3) is 5.35. The molecule has 0 spiro atoms. The van der Waals surface area contributed by atoms with Crippen molar-refractivity contribution >= 4 is 39.1 Å². The fraction of sp³-hybridized carbons (Fsp3) is 0.538. The molecule has 0 bridgehead atoms. The Balaban J connectivity index is 2.54. The van der Waals surface area contributed by atoms with Crippen molar-refractivity contribution in [2.45, 2.75) is 26.9 Å². The first kappa shape index (κ1) is 16.1. The van der Waals surface area contributed by atoms with E-state index in [4.69, 9.17) is 27.9 Å². The Hall–Kier alpha value is 0.0400. The van der Waals surface area contributed by atoms with Crippen LogP contribution in [-0.4, -0.2) is 19.2 Å². The molecule has 1 atom stereocenters. The van der Waals surface area contributed by atoms with Crippen molar-refractivity contribution in [1.29, 1.82) is 0 Å². The highest BCUT2D eigenvalue weighted by atomic mass is 79.9. The highest BCUT2D eigenvalue weighted by molar-refractivity contribution is 9.10. The molecule has 0 aliphatic carbocycles. The van der Waals surface area contributed by atoms with Crippen LogP contribution in [0, 0.1) is 5.92 Å². The van der Waals surface area contributed by atoms with Gasteiger partial charge in [-0.25, -0.2) is 0 Å². The van der Waals surface area contributed by atoms with E-state index in [1.165, 1.54) is 0 Å². The molecule has 0 aromatic heterocycles. The van der Waals surface area contributed by atoms with Gasteiger partial charge in [0.15, 0.2) is 0 Å². The highest BCUT2D eigenvalue weighted by Gasteiger charge is 2.10. The molecule has 1 rings (SSSR count). The molecule has 0 saturated heterocycles. The molecule has 102 valence electrons. The summed E-state index contributed by atoms with van der Waals surface area (Å²) in [5, 5.41) is 4.49. The molecular formula is C13H18BrCl2NO. The molecule has 1 unspecified atom stereocenters. The Labute approximate surface area is 127 Å². The molecule has 1 N–H and O–H groups in total. The van der Waals surface area contributed by atoms with E-state index >= 15 is 0 Å². The van der Waals surface area contributed by atoms with Crippen molar-refractivity contribution in [1.82, 2.24) is 5.32 Å². The molecular weight excluding hydrogens is 337 g/mol. The van der Waals surface area contributed by atoms with Gasteiger partial charge in [-0.3, -0.25) is 0 Å². The fourth-order valence-corrected chi connectivity index (χ4v) is 2.27. The molecule has 1 aromatic carbocycles. The van der Waals surface area contributed by atoms with E-state index in [2.05, 4.69) is 35.1 Å². The molecule has 0 amide bonds. The summed E-state index contributed by atoms with van der Waals surface area (Å²) in [6.07, 6.45) is 0.0403. The van der Waals surface area contributed by atoms with Gasteiger partial charge in [-0.05, 0) is 41.4 Å². The third-order valence-electron chi connectivity index (χ3n) is 2.29. The Bertz CT molecular complexity index is 399. The van der Waals surface area contributed by atoms with Crippen molar-refractivity contribution in [3.8, 4) is 5.75 Å². The molecule has 0 radical (unpaired) electrons. The van der Waals surface area contributed by atoms with Crippen molar-refractivity contribution in [3.63, 3.8) is 0 Å². The Morgan fingerprint density at radius 2 is 1.83 bits per heavy atom. The summed E-state index contributed by atoms with van der Waals surface area (Å²) in [4.78, 5) is 0. The van der Waals surface area contributed by atoms with Crippen LogP contribution in [0.4, 0.5) is 0 Å². The first-order chi connectivity index (χ1) is 8.40. The molecule has 18 heavy (non-hydrogen) atoms. The summed E-state index contributed by atoms with van der Waals surface area (Å²) in [5.41, 5.74) is 0. The second-order valence-electron chi connectivity index (χ2n) is 4.68. The quantitative estimate of drug-likeness (QED) is 0.743. The van der Waals surface area contributed by atoms with Gasteiger partial charge >= 0.3 is 0 Å². The van der Waals surface area contributed by atoms with Crippen LogP contribution in [0.15, 0.2) is 16.6 Å². The average molecular weight is 355 g/mol. The standard InChI is InChI=1S/C13H18BrCl2NO/c1-8(2)6-17-7-9(3)18-13-5-11(15)10(14)4-12(13)16/h4-5,8-9,17H,6-7H2,1-3H3. The summed E-state index contributed by atoms with van der Waals surface area (Å²) >= 11 is 15.4. The van der Waals surface area contributed by atoms with Crippen LogP contribution in [0.5, 0.6) is 5.75 Å². The van der Waals surface area contributed by atoms with Gasteiger partial charge in [0.1, 0.15) is 11.9 Å². The van der Waals surface area contributed by atoms with Gasteiger partial charge in [0.25, 0.3) is 0 Å². The first-order valence-electron chi connectivity index (χ1n) is 5.92. The lowest BCUT2D eigenvalue weighted by molar-refractivity contribution is 0.216. The summed E-state index contributed by atoms with van der Waals surface area (Å²) in [6, 6.07) is 3.47. The minimum Gasteiger partial charge on any atom is -0.488 e. The molecule has 0 saturated carbocycles. The molecule has 0 aliphatic heterocycles. The summed E-state index contributed by atoms with van der Waals surface area (Å²) < 4.78 is 6.53. The fourth-order valence-electron chi connectivity index (χ4n) is 1.43. The van der Waals surface area contributed by atoms with Crippen LogP contribution in [0.1, 0.15) is 20.8 Å². The van der Waals surface area contributed by atoms with Gasteiger partial charge in [-0.1, -0.05) is 37.0 Å². The van der Waals surface area contributed by atoms with E-state index in [0.717, 1.165) is 17.6 Å². The number of rotatable bonds is 6. The number of ether oxygens (including phenoxy) is 1. The number of benzene rings is 1. The minimum atomic E-state index is 0.0403. The zero-order valence-corrected chi connectivity index (χ0v) is 13.9. The topological polar surface area (TPSA) is 21.3 Å². The second-order valence-corrected chi connectivity index (χ2v) is 6.35. The van der Waals surface area contributed by atoms with Crippen LogP contribution in [0.3, 0.4) is 0 Å². The predicted molar refractivity (Wildman–Crippen MR) is 82.0 cm³/mol. The first-order valence-corrected chi connectivity index (χ1v) is 7.47. The molecule has 0 aliphatic rings. The van der Waals surface area contributed by atoms with E-state index in [9.17, 15) is 0 Å². The molecule has 5 heteroatoms. The molecule has 0 fully saturated rings. The zero-order valence-electron chi connectivity index (χ0n) is 10.8. The van der Waals surface area contributed by atoms with Crippen LogP contribution in [0.25, 0.3) is 0 Å². The molecule has 0 heterocycles. The van der Waals surface area contributed by atoms with Gasteiger partial charge in [-0.15, -0.1) is 0 Å². The summed E-state index contributed by atoms with van der Waals surface area (Å²) in [6.45, 7) is 8.10. The smallest absolute Gasteiger partial charge is 0.139 e. The highest BCUT2D eigenvalue weighted by Crippen LogP contribution is 2.34. The number of halogens is 3. The lowest BCUT2D eigenvalue weighted by Crippen LogP contribution is -2.31. The van der Waals surface area contributed by atoms with Gasteiger partial charge in [0, 0.05) is 17.1 Å². The predicted octanol–water partition coefficient (Wildman–Crippen LogP) is 4.77. The molecule has 2 nitrogen and oxygen atoms in total. The van der Waals surface area contributed by atoms with E-state index in [1.807, 2.05) is 6.92 Å². The van der Waals surface area contributed by atoms with Crippen LogP contribution >= 0.6 is 39.1 Å². The Kier molecular flexibility index (Phi) is 6.78. The molecule has 1 aromatic rings. The van der Waals surface area contributed by atoms with E-state index in [-0.39, 0.29) is 6.10 Å². The third-order valence-corrected chi connectivity index (χ3v) is 3.78. The zero-order chi connectivity index (χ0) is 13.7.